The normalized spacial score (nSPS) is 27.3. The van der Waals surface area contributed by atoms with Crippen LogP contribution in [0.15, 0.2) is 60.7 Å². The van der Waals surface area contributed by atoms with Crippen LogP contribution in [-0.4, -0.2) is 22.8 Å². The van der Waals surface area contributed by atoms with Crippen molar-refractivity contribution in [1.82, 2.24) is 4.90 Å². The summed E-state index contributed by atoms with van der Waals surface area (Å²) >= 11 is 0. The Balaban J connectivity index is 1.48. The number of rotatable bonds is 4. The van der Waals surface area contributed by atoms with Crippen molar-refractivity contribution in [2.45, 2.75) is 44.3 Å². The molecule has 0 aromatic heterocycles. The quantitative estimate of drug-likeness (QED) is 0.855. The van der Waals surface area contributed by atoms with Crippen molar-refractivity contribution in [3.8, 4) is 0 Å². The second kappa shape index (κ2) is 6.29. The van der Waals surface area contributed by atoms with Gasteiger partial charge in [0.1, 0.15) is 0 Å². The first-order valence-electron chi connectivity index (χ1n) is 8.68. The van der Waals surface area contributed by atoms with Crippen LogP contribution < -0.4 is 0 Å². The molecular weight excluding hydrogens is 282 g/mol. The molecule has 2 heterocycles. The molecule has 2 aliphatic rings. The monoisotopic (exact) mass is 305 g/mol. The zero-order valence-electron chi connectivity index (χ0n) is 13.4. The zero-order chi connectivity index (χ0) is 15.6. The van der Waals surface area contributed by atoms with Gasteiger partial charge < -0.3 is 0 Å². The summed E-state index contributed by atoms with van der Waals surface area (Å²) in [5.74, 6) is 0.681. The molecule has 0 aliphatic carbocycles. The van der Waals surface area contributed by atoms with E-state index >= 15 is 0 Å². The maximum absolute atomic E-state index is 12.9. The van der Waals surface area contributed by atoms with E-state index < -0.39 is 0 Å². The first-order valence-corrected chi connectivity index (χ1v) is 8.68. The highest BCUT2D eigenvalue weighted by atomic mass is 16.1. The number of piperidine rings is 1. The number of nitrogens with zero attached hydrogens (tertiary/aromatic N) is 1. The van der Waals surface area contributed by atoms with Gasteiger partial charge in [-0.25, -0.2) is 0 Å². The molecule has 2 aromatic carbocycles. The average Bonchev–Trinajstić information content (AvgIpc) is 2.90. The number of hydrogen-bond acceptors (Lipinski definition) is 2. The van der Waals surface area contributed by atoms with E-state index in [0.717, 1.165) is 25.8 Å². The Kier molecular flexibility index (Phi) is 4.00. The van der Waals surface area contributed by atoms with Gasteiger partial charge in [-0.1, -0.05) is 60.7 Å². The van der Waals surface area contributed by atoms with Gasteiger partial charge in [0.25, 0.3) is 0 Å². The van der Waals surface area contributed by atoms with Crippen molar-refractivity contribution >= 4 is 5.78 Å². The molecule has 0 spiro atoms. The molecule has 2 heteroatoms. The number of carbonyl (C=O) groups excluding carboxylic acids is 1. The predicted molar refractivity (Wildman–Crippen MR) is 92.1 cm³/mol. The SMILES string of the molecule is O=C1[C@@H](Cc2ccccc2)C[C@@H]2CC[C@H]1N2Cc1ccccc1. The van der Waals surface area contributed by atoms with Crippen LogP contribution in [0.1, 0.15) is 30.4 Å². The largest absolute Gasteiger partial charge is 0.298 e. The van der Waals surface area contributed by atoms with Crippen molar-refractivity contribution in [1.29, 1.82) is 0 Å². The molecule has 118 valence electrons. The summed E-state index contributed by atoms with van der Waals surface area (Å²) < 4.78 is 0. The van der Waals surface area contributed by atoms with Crippen molar-refractivity contribution in [3.05, 3.63) is 71.8 Å². The van der Waals surface area contributed by atoms with E-state index in [2.05, 4.69) is 59.5 Å². The highest BCUT2D eigenvalue weighted by Crippen LogP contribution is 2.38. The Bertz CT molecular complexity index is 667. The van der Waals surface area contributed by atoms with E-state index in [1.165, 1.54) is 17.5 Å². The molecular formula is C21H23NO. The first kappa shape index (κ1) is 14.6. The second-order valence-electron chi connectivity index (χ2n) is 6.93. The standard InChI is InChI=1S/C21H23NO/c23-21-18(13-16-7-3-1-4-8-16)14-19-11-12-20(21)22(19)15-17-9-5-2-6-10-17/h1-10,18-20H,11-15H2/t18-,19-,20+/m0/s1. The van der Waals surface area contributed by atoms with E-state index in [0.29, 0.717) is 11.8 Å². The topological polar surface area (TPSA) is 20.3 Å². The van der Waals surface area contributed by atoms with E-state index in [4.69, 9.17) is 0 Å². The molecule has 0 unspecified atom stereocenters. The Hall–Kier alpha value is -1.93. The van der Waals surface area contributed by atoms with Crippen LogP contribution in [0.25, 0.3) is 0 Å². The highest BCUT2D eigenvalue weighted by Gasteiger charge is 2.45. The number of hydrogen-bond donors (Lipinski definition) is 0. The van der Waals surface area contributed by atoms with Crippen LogP contribution in [0.2, 0.25) is 0 Å². The summed E-state index contributed by atoms with van der Waals surface area (Å²) in [5.41, 5.74) is 2.61. The fourth-order valence-corrected chi connectivity index (χ4v) is 4.33. The lowest BCUT2D eigenvalue weighted by Gasteiger charge is -2.38. The third kappa shape index (κ3) is 2.96. The number of Topliss-reactive ketones (excluding diaryl/α,β-unsaturated/α-hetero) is 1. The molecule has 0 amide bonds. The molecule has 3 atom stereocenters. The van der Waals surface area contributed by atoms with E-state index in [9.17, 15) is 4.79 Å². The zero-order valence-corrected chi connectivity index (χ0v) is 13.4. The average molecular weight is 305 g/mol. The van der Waals surface area contributed by atoms with Gasteiger partial charge >= 0.3 is 0 Å². The number of ketones is 1. The molecule has 2 nitrogen and oxygen atoms in total. The maximum atomic E-state index is 12.9. The van der Waals surface area contributed by atoms with Crippen molar-refractivity contribution in [3.63, 3.8) is 0 Å². The number of benzene rings is 2. The minimum atomic E-state index is 0.141. The highest BCUT2D eigenvalue weighted by molar-refractivity contribution is 5.88. The van der Waals surface area contributed by atoms with E-state index in [1.807, 2.05) is 6.07 Å². The molecule has 0 N–H and O–H groups in total. The third-order valence-corrected chi connectivity index (χ3v) is 5.46. The maximum Gasteiger partial charge on any atom is 0.153 e. The van der Waals surface area contributed by atoms with Crippen LogP contribution in [0.5, 0.6) is 0 Å². The van der Waals surface area contributed by atoms with Crippen LogP contribution in [0.3, 0.4) is 0 Å². The lowest BCUT2D eigenvalue weighted by Crippen LogP contribution is -2.49. The molecule has 23 heavy (non-hydrogen) atoms. The Morgan fingerprint density at radius 2 is 1.52 bits per heavy atom. The smallest absolute Gasteiger partial charge is 0.153 e. The Morgan fingerprint density at radius 3 is 2.22 bits per heavy atom. The van der Waals surface area contributed by atoms with Crippen LogP contribution in [0.4, 0.5) is 0 Å². The van der Waals surface area contributed by atoms with Gasteiger partial charge in [-0.05, 0) is 36.8 Å². The molecule has 0 saturated carbocycles. The Morgan fingerprint density at radius 1 is 0.870 bits per heavy atom. The fraction of sp³-hybridized carbons (Fsp3) is 0.381. The summed E-state index contributed by atoms with van der Waals surface area (Å²) in [7, 11) is 0. The van der Waals surface area contributed by atoms with Crippen LogP contribution in [-0.2, 0) is 17.8 Å². The molecule has 2 aromatic rings. The minimum absolute atomic E-state index is 0.141. The number of carbonyl (C=O) groups is 1. The first-order chi connectivity index (χ1) is 11.3. The summed E-state index contributed by atoms with van der Waals surface area (Å²) in [6.45, 7) is 0.917. The van der Waals surface area contributed by atoms with Gasteiger partial charge in [0.15, 0.2) is 5.78 Å². The van der Waals surface area contributed by atoms with Crippen molar-refractivity contribution in [2.24, 2.45) is 5.92 Å². The second-order valence-corrected chi connectivity index (χ2v) is 6.93. The van der Waals surface area contributed by atoms with E-state index in [1.54, 1.807) is 0 Å². The Labute approximate surface area is 138 Å². The summed E-state index contributed by atoms with van der Waals surface area (Å²) in [6, 6.07) is 21.7. The number of fused-ring (bicyclic) bond motifs is 2. The molecule has 2 bridgehead atoms. The lowest BCUT2D eigenvalue weighted by molar-refractivity contribution is -0.131. The van der Waals surface area contributed by atoms with Gasteiger partial charge in [-0.2, -0.15) is 0 Å². The summed E-state index contributed by atoms with van der Waals surface area (Å²) in [6.07, 6.45) is 4.15. The van der Waals surface area contributed by atoms with Crippen molar-refractivity contribution < 1.29 is 4.79 Å². The molecule has 2 aliphatic heterocycles. The van der Waals surface area contributed by atoms with Crippen molar-refractivity contribution in [2.75, 3.05) is 0 Å². The van der Waals surface area contributed by atoms with Gasteiger partial charge in [-0.15, -0.1) is 0 Å². The minimum Gasteiger partial charge on any atom is -0.298 e. The van der Waals surface area contributed by atoms with Gasteiger partial charge in [0, 0.05) is 18.5 Å². The van der Waals surface area contributed by atoms with Gasteiger partial charge in [0.05, 0.1) is 6.04 Å². The summed E-state index contributed by atoms with van der Waals surface area (Å²) in [4.78, 5) is 15.4. The molecule has 4 rings (SSSR count). The van der Waals surface area contributed by atoms with E-state index in [-0.39, 0.29) is 12.0 Å². The van der Waals surface area contributed by atoms with Crippen LogP contribution >= 0.6 is 0 Å². The molecule has 0 radical (unpaired) electrons. The molecule has 2 saturated heterocycles. The van der Waals surface area contributed by atoms with Gasteiger partial charge in [0.2, 0.25) is 0 Å². The predicted octanol–water partition coefficient (Wildman–Crippen LogP) is 3.85. The fourth-order valence-electron chi connectivity index (χ4n) is 4.33. The van der Waals surface area contributed by atoms with Crippen LogP contribution in [0, 0.1) is 5.92 Å². The lowest BCUT2D eigenvalue weighted by atomic mass is 9.84. The molecule has 2 fully saturated rings. The van der Waals surface area contributed by atoms with Gasteiger partial charge in [-0.3, -0.25) is 9.69 Å². The third-order valence-electron chi connectivity index (χ3n) is 5.46. The summed E-state index contributed by atoms with van der Waals surface area (Å²) in [5, 5.41) is 0.